The molecule has 1 aliphatic heterocycles. The van der Waals surface area contributed by atoms with Crippen LogP contribution in [0.25, 0.3) is 0 Å². The summed E-state index contributed by atoms with van der Waals surface area (Å²) in [6.45, 7) is 8.83. The third-order valence-corrected chi connectivity index (χ3v) is 6.62. The minimum Gasteiger partial charge on any atom is -0.494 e. The summed E-state index contributed by atoms with van der Waals surface area (Å²) < 4.78 is 23.2. The zero-order chi connectivity index (χ0) is 24.9. The Hall–Kier alpha value is -2.37. The van der Waals surface area contributed by atoms with Crippen molar-refractivity contribution in [1.29, 1.82) is 0 Å². The zero-order valence-electron chi connectivity index (χ0n) is 21.7. The second kappa shape index (κ2) is 14.9. The summed E-state index contributed by atoms with van der Waals surface area (Å²) >= 11 is 0. The molecule has 0 bridgehead atoms. The van der Waals surface area contributed by atoms with E-state index in [1.807, 2.05) is 24.3 Å². The van der Waals surface area contributed by atoms with Gasteiger partial charge in [-0.3, -0.25) is 0 Å². The highest BCUT2D eigenvalue weighted by molar-refractivity contribution is 5.91. The van der Waals surface area contributed by atoms with Crippen molar-refractivity contribution < 1.29 is 23.7 Å². The van der Waals surface area contributed by atoms with Gasteiger partial charge in [0.05, 0.1) is 25.4 Å². The predicted octanol–water partition coefficient (Wildman–Crippen LogP) is 7.74. The van der Waals surface area contributed by atoms with E-state index in [1.54, 1.807) is 24.3 Å². The van der Waals surface area contributed by atoms with Gasteiger partial charge in [0.15, 0.2) is 6.29 Å². The van der Waals surface area contributed by atoms with Gasteiger partial charge in [-0.1, -0.05) is 71.4 Å². The molecule has 2 aromatic rings. The van der Waals surface area contributed by atoms with Crippen molar-refractivity contribution in [2.45, 2.75) is 78.4 Å². The van der Waals surface area contributed by atoms with Crippen LogP contribution in [0.5, 0.6) is 11.5 Å². The van der Waals surface area contributed by atoms with Gasteiger partial charge in [0.25, 0.3) is 0 Å². The van der Waals surface area contributed by atoms with Gasteiger partial charge in [0.2, 0.25) is 0 Å². The molecular formula is C30H42O5. The second-order valence-corrected chi connectivity index (χ2v) is 9.71. The number of esters is 1. The Balaban J connectivity index is 1.40. The van der Waals surface area contributed by atoms with Crippen molar-refractivity contribution in [3.05, 3.63) is 59.7 Å². The molecule has 5 heteroatoms. The topological polar surface area (TPSA) is 54.0 Å². The summed E-state index contributed by atoms with van der Waals surface area (Å²) in [4.78, 5) is 12.6. The van der Waals surface area contributed by atoms with Gasteiger partial charge in [-0.2, -0.15) is 0 Å². The van der Waals surface area contributed by atoms with E-state index in [-0.39, 0.29) is 6.29 Å². The lowest BCUT2D eigenvalue weighted by Gasteiger charge is -2.30. The van der Waals surface area contributed by atoms with Crippen LogP contribution in [-0.2, 0) is 9.47 Å². The first-order valence-electron chi connectivity index (χ1n) is 13.4. The van der Waals surface area contributed by atoms with Crippen molar-refractivity contribution in [2.24, 2.45) is 11.8 Å². The molecular weight excluding hydrogens is 440 g/mol. The molecule has 35 heavy (non-hydrogen) atoms. The third-order valence-electron chi connectivity index (χ3n) is 6.62. The molecule has 0 amide bonds. The van der Waals surface area contributed by atoms with Crippen LogP contribution < -0.4 is 9.47 Å². The highest BCUT2D eigenvalue weighted by Gasteiger charge is 2.24. The van der Waals surface area contributed by atoms with Crippen LogP contribution in [0.2, 0.25) is 0 Å². The first kappa shape index (κ1) is 27.2. The fraction of sp³-hybridized carbons (Fsp3) is 0.567. The van der Waals surface area contributed by atoms with E-state index in [1.165, 1.54) is 38.5 Å². The van der Waals surface area contributed by atoms with Gasteiger partial charge in [0, 0.05) is 11.5 Å². The molecule has 192 valence electrons. The van der Waals surface area contributed by atoms with Gasteiger partial charge < -0.3 is 18.9 Å². The lowest BCUT2D eigenvalue weighted by molar-refractivity contribution is -0.207. The SMILES string of the molecule is CCCCCCCCOc1ccc(OC(=O)c2ccc(C3OCC(CC(C)CC)CO3)cc2)cc1. The molecule has 0 radical (unpaired) electrons. The molecule has 0 saturated carbocycles. The number of hydrogen-bond acceptors (Lipinski definition) is 5. The monoisotopic (exact) mass is 482 g/mol. The van der Waals surface area contributed by atoms with Crippen LogP contribution in [0.4, 0.5) is 0 Å². The number of unbranched alkanes of at least 4 members (excludes halogenated alkanes) is 5. The standard InChI is InChI=1S/C30H42O5/c1-4-6-7-8-9-10-19-32-27-15-17-28(18-16-27)35-29(31)25-11-13-26(14-12-25)30-33-21-24(22-34-30)20-23(3)5-2/h11-18,23-24,30H,4-10,19-22H2,1-3H3. The van der Waals surface area contributed by atoms with Gasteiger partial charge in [0.1, 0.15) is 11.5 Å². The quantitative estimate of drug-likeness (QED) is 0.157. The smallest absolute Gasteiger partial charge is 0.343 e. The summed E-state index contributed by atoms with van der Waals surface area (Å²) in [7, 11) is 0. The highest BCUT2D eigenvalue weighted by Crippen LogP contribution is 2.29. The minimum absolute atomic E-state index is 0.378. The molecule has 1 fully saturated rings. The molecule has 0 aromatic heterocycles. The van der Waals surface area contributed by atoms with E-state index in [2.05, 4.69) is 20.8 Å². The van der Waals surface area contributed by atoms with Crippen LogP contribution in [0, 0.1) is 11.8 Å². The van der Waals surface area contributed by atoms with Crippen LogP contribution in [-0.4, -0.2) is 25.8 Å². The van der Waals surface area contributed by atoms with Crippen LogP contribution in [0.3, 0.4) is 0 Å². The molecule has 2 aromatic carbocycles. The van der Waals surface area contributed by atoms with E-state index in [4.69, 9.17) is 18.9 Å². The van der Waals surface area contributed by atoms with E-state index in [0.29, 0.717) is 43.0 Å². The Morgan fingerprint density at radius 3 is 2.17 bits per heavy atom. The number of rotatable bonds is 14. The maximum atomic E-state index is 12.6. The highest BCUT2D eigenvalue weighted by atomic mass is 16.7. The largest absolute Gasteiger partial charge is 0.494 e. The van der Waals surface area contributed by atoms with E-state index in [9.17, 15) is 4.79 Å². The fourth-order valence-electron chi connectivity index (χ4n) is 4.23. The number of ether oxygens (including phenoxy) is 4. The fourth-order valence-corrected chi connectivity index (χ4v) is 4.23. The van der Waals surface area contributed by atoms with Crippen LogP contribution >= 0.6 is 0 Å². The van der Waals surface area contributed by atoms with Crippen LogP contribution in [0.15, 0.2) is 48.5 Å². The molecule has 1 atom stereocenters. The molecule has 3 rings (SSSR count). The molecule has 0 spiro atoms. The van der Waals surface area contributed by atoms with Crippen molar-refractivity contribution in [3.63, 3.8) is 0 Å². The predicted molar refractivity (Wildman–Crippen MR) is 139 cm³/mol. The van der Waals surface area contributed by atoms with Gasteiger partial charge in [-0.15, -0.1) is 0 Å². The maximum Gasteiger partial charge on any atom is 0.343 e. The van der Waals surface area contributed by atoms with Crippen molar-refractivity contribution in [3.8, 4) is 11.5 Å². The summed E-state index contributed by atoms with van der Waals surface area (Å²) in [5.74, 6) is 2.03. The lowest BCUT2D eigenvalue weighted by atomic mass is 9.94. The zero-order valence-corrected chi connectivity index (χ0v) is 21.7. The molecule has 0 N–H and O–H groups in total. The van der Waals surface area contributed by atoms with Crippen molar-refractivity contribution in [2.75, 3.05) is 19.8 Å². The average Bonchev–Trinajstić information content (AvgIpc) is 2.89. The lowest BCUT2D eigenvalue weighted by Crippen LogP contribution is -2.28. The Kier molecular flexibility index (Phi) is 11.6. The minimum atomic E-state index is -0.392. The van der Waals surface area contributed by atoms with E-state index in [0.717, 1.165) is 24.2 Å². The Labute approximate surface area is 211 Å². The number of benzene rings is 2. The van der Waals surface area contributed by atoms with Crippen molar-refractivity contribution in [1.82, 2.24) is 0 Å². The van der Waals surface area contributed by atoms with E-state index >= 15 is 0 Å². The first-order valence-corrected chi connectivity index (χ1v) is 13.4. The molecule has 1 unspecified atom stereocenters. The summed E-state index contributed by atoms with van der Waals surface area (Å²) in [5.41, 5.74) is 1.40. The Morgan fingerprint density at radius 2 is 1.51 bits per heavy atom. The Bertz CT molecular complexity index is 853. The maximum absolute atomic E-state index is 12.6. The van der Waals surface area contributed by atoms with Gasteiger partial charge in [-0.25, -0.2) is 4.79 Å². The van der Waals surface area contributed by atoms with Gasteiger partial charge in [-0.05, 0) is 55.2 Å². The van der Waals surface area contributed by atoms with Crippen molar-refractivity contribution >= 4 is 5.97 Å². The summed E-state index contributed by atoms with van der Waals surface area (Å²) in [6.07, 6.45) is 9.34. The van der Waals surface area contributed by atoms with Crippen LogP contribution in [0.1, 0.15) is 94.3 Å². The molecule has 0 aliphatic carbocycles. The first-order chi connectivity index (χ1) is 17.1. The number of carbonyl (C=O) groups excluding carboxylic acids is 1. The molecule has 1 saturated heterocycles. The third kappa shape index (κ3) is 9.30. The number of carbonyl (C=O) groups is 1. The molecule has 1 aliphatic rings. The summed E-state index contributed by atoms with van der Waals surface area (Å²) in [6, 6.07) is 14.5. The molecule has 5 nitrogen and oxygen atoms in total. The summed E-state index contributed by atoms with van der Waals surface area (Å²) in [5, 5.41) is 0. The normalized spacial score (nSPS) is 18.7. The van der Waals surface area contributed by atoms with E-state index < -0.39 is 5.97 Å². The number of hydrogen-bond donors (Lipinski definition) is 0. The second-order valence-electron chi connectivity index (χ2n) is 9.71. The van der Waals surface area contributed by atoms with Gasteiger partial charge >= 0.3 is 5.97 Å². The Morgan fingerprint density at radius 1 is 0.886 bits per heavy atom. The average molecular weight is 483 g/mol. The molecule has 1 heterocycles.